The smallest absolute Gasteiger partial charge is 0.387 e. The molecule has 136 valence electrons. The van der Waals surface area contributed by atoms with Gasteiger partial charge in [-0.2, -0.15) is 8.78 Å². The molecule has 0 radical (unpaired) electrons. The molecule has 1 aromatic carbocycles. The molecule has 0 bridgehead atoms. The summed E-state index contributed by atoms with van der Waals surface area (Å²) in [5.74, 6) is 0.821. The summed E-state index contributed by atoms with van der Waals surface area (Å²) in [6.45, 7) is 6.02. The first kappa shape index (κ1) is 18.9. The van der Waals surface area contributed by atoms with E-state index in [4.69, 9.17) is 9.47 Å². The van der Waals surface area contributed by atoms with E-state index in [2.05, 4.69) is 30.4 Å². The van der Waals surface area contributed by atoms with E-state index in [1.165, 1.54) is 12.1 Å². The highest BCUT2D eigenvalue weighted by atomic mass is 19.3. The number of hydrogen-bond donors (Lipinski definition) is 0. The molecule has 0 spiro atoms. The lowest BCUT2D eigenvalue weighted by molar-refractivity contribution is -0.0853. The predicted molar refractivity (Wildman–Crippen MR) is 88.6 cm³/mol. The van der Waals surface area contributed by atoms with Gasteiger partial charge in [0, 0.05) is 13.1 Å². The first-order chi connectivity index (χ1) is 11.4. The summed E-state index contributed by atoms with van der Waals surface area (Å²) in [4.78, 5) is 2.29. The zero-order chi connectivity index (χ0) is 17.6. The Bertz CT molecular complexity index is 486. The van der Waals surface area contributed by atoms with Crippen LogP contribution in [0, 0.1) is 0 Å². The minimum Gasteiger partial charge on any atom is -0.490 e. The molecule has 6 heteroatoms. The fourth-order valence-electron chi connectivity index (χ4n) is 2.42. The van der Waals surface area contributed by atoms with Crippen LogP contribution in [0.3, 0.4) is 0 Å². The minimum atomic E-state index is -2.80. The molecule has 0 aromatic heterocycles. The normalized spacial score (nSPS) is 17.2. The second-order valence-electron chi connectivity index (χ2n) is 6.67. The van der Waals surface area contributed by atoms with Crippen LogP contribution in [-0.2, 0) is 4.74 Å². The van der Waals surface area contributed by atoms with E-state index in [1.807, 2.05) is 0 Å². The average molecular weight is 343 g/mol. The van der Waals surface area contributed by atoms with Crippen LogP contribution in [0.2, 0.25) is 0 Å². The molecule has 2 rings (SSSR count). The maximum absolute atomic E-state index is 12.1. The Balaban J connectivity index is 1.73. The van der Waals surface area contributed by atoms with E-state index in [1.54, 1.807) is 12.1 Å². The number of ether oxygens (including phenoxy) is 3. The number of alkyl halides is 2. The van der Waals surface area contributed by atoms with Gasteiger partial charge < -0.3 is 14.2 Å². The molecular formula is C18H27F2NO3. The molecule has 1 saturated heterocycles. The molecule has 24 heavy (non-hydrogen) atoms. The largest absolute Gasteiger partial charge is 0.490 e. The Morgan fingerprint density at radius 2 is 1.71 bits per heavy atom. The Hall–Kier alpha value is -1.40. The van der Waals surface area contributed by atoms with Gasteiger partial charge in [0.1, 0.15) is 17.6 Å². The Kier molecular flexibility index (Phi) is 6.80. The lowest BCUT2D eigenvalue weighted by Gasteiger charge is -2.34. The monoisotopic (exact) mass is 343 g/mol. The van der Waals surface area contributed by atoms with Crippen LogP contribution in [0.15, 0.2) is 24.3 Å². The molecule has 1 aromatic rings. The van der Waals surface area contributed by atoms with Gasteiger partial charge in [0.25, 0.3) is 0 Å². The van der Waals surface area contributed by atoms with E-state index in [0.717, 1.165) is 32.4 Å². The molecule has 0 unspecified atom stereocenters. The van der Waals surface area contributed by atoms with E-state index in [9.17, 15) is 8.78 Å². The molecule has 4 nitrogen and oxygen atoms in total. The van der Waals surface area contributed by atoms with Crippen molar-refractivity contribution in [1.29, 1.82) is 0 Å². The summed E-state index contributed by atoms with van der Waals surface area (Å²) in [6.07, 6.45) is 2.97. The van der Waals surface area contributed by atoms with Gasteiger partial charge in [-0.25, -0.2) is 0 Å². The number of likely N-dealkylation sites (tertiary alicyclic amines) is 1. The van der Waals surface area contributed by atoms with Gasteiger partial charge in [-0.3, -0.25) is 4.90 Å². The average Bonchev–Trinajstić information content (AvgIpc) is 2.56. The van der Waals surface area contributed by atoms with Gasteiger partial charge in [-0.1, -0.05) is 6.92 Å². The van der Waals surface area contributed by atoms with E-state index < -0.39 is 6.61 Å². The number of rotatable bonds is 8. The molecule has 0 amide bonds. The van der Waals surface area contributed by atoms with Crippen LogP contribution in [0.1, 0.15) is 40.0 Å². The number of piperidine rings is 1. The number of nitrogens with zero attached hydrogens (tertiary/aromatic N) is 1. The van der Waals surface area contributed by atoms with Gasteiger partial charge >= 0.3 is 6.61 Å². The van der Waals surface area contributed by atoms with Crippen LogP contribution in [-0.4, -0.2) is 43.0 Å². The third kappa shape index (κ3) is 6.24. The lowest BCUT2D eigenvalue weighted by Crippen LogP contribution is -2.41. The summed E-state index contributed by atoms with van der Waals surface area (Å²) in [6, 6.07) is 6.32. The third-order valence-electron chi connectivity index (χ3n) is 4.38. The zero-order valence-corrected chi connectivity index (χ0v) is 14.6. The molecule has 1 aliphatic rings. The molecule has 0 aliphatic carbocycles. The fraction of sp³-hybridized carbons (Fsp3) is 0.667. The molecule has 1 aliphatic heterocycles. The van der Waals surface area contributed by atoms with Gasteiger partial charge in [0.05, 0.1) is 12.3 Å². The highest BCUT2D eigenvalue weighted by Gasteiger charge is 2.23. The summed E-state index contributed by atoms with van der Waals surface area (Å²) in [7, 11) is 0. The number of halogens is 2. The van der Waals surface area contributed by atoms with Crippen molar-refractivity contribution in [3.05, 3.63) is 24.3 Å². The van der Waals surface area contributed by atoms with Crippen molar-refractivity contribution >= 4 is 0 Å². The lowest BCUT2D eigenvalue weighted by atomic mass is 10.1. The van der Waals surface area contributed by atoms with E-state index in [0.29, 0.717) is 12.5 Å². The van der Waals surface area contributed by atoms with Crippen molar-refractivity contribution in [1.82, 2.24) is 4.90 Å². The van der Waals surface area contributed by atoms with Crippen molar-refractivity contribution < 1.29 is 23.0 Å². The Labute approximate surface area is 142 Å². The first-order valence-corrected chi connectivity index (χ1v) is 8.46. The number of benzene rings is 1. The molecule has 1 heterocycles. The van der Waals surface area contributed by atoms with Crippen molar-refractivity contribution in [3.63, 3.8) is 0 Å². The molecule has 0 N–H and O–H groups in total. The molecule has 0 saturated carbocycles. The van der Waals surface area contributed by atoms with Crippen molar-refractivity contribution in [2.24, 2.45) is 0 Å². The second-order valence-corrected chi connectivity index (χ2v) is 6.67. The standard InChI is InChI=1S/C18H27F2NO3/c1-4-18(2,3)22-13-21-11-9-16(10-12-21)23-14-5-7-15(8-6-14)24-17(19)20/h5-8,16-17H,4,9-13H2,1-3H3. The van der Waals surface area contributed by atoms with Crippen molar-refractivity contribution in [3.8, 4) is 11.5 Å². The summed E-state index contributed by atoms with van der Waals surface area (Å²) >= 11 is 0. The van der Waals surface area contributed by atoms with Crippen molar-refractivity contribution in [2.75, 3.05) is 19.8 Å². The van der Waals surface area contributed by atoms with E-state index in [-0.39, 0.29) is 17.5 Å². The zero-order valence-electron chi connectivity index (χ0n) is 14.6. The van der Waals surface area contributed by atoms with Gasteiger partial charge in [-0.05, 0) is 57.4 Å². The van der Waals surface area contributed by atoms with Gasteiger partial charge in [-0.15, -0.1) is 0 Å². The highest BCUT2D eigenvalue weighted by molar-refractivity contribution is 5.31. The van der Waals surface area contributed by atoms with Crippen LogP contribution in [0.25, 0.3) is 0 Å². The van der Waals surface area contributed by atoms with E-state index >= 15 is 0 Å². The van der Waals surface area contributed by atoms with Crippen LogP contribution in [0.4, 0.5) is 8.78 Å². The molecular weight excluding hydrogens is 316 g/mol. The fourth-order valence-corrected chi connectivity index (χ4v) is 2.42. The maximum Gasteiger partial charge on any atom is 0.387 e. The third-order valence-corrected chi connectivity index (χ3v) is 4.38. The van der Waals surface area contributed by atoms with Crippen LogP contribution in [0.5, 0.6) is 11.5 Å². The quantitative estimate of drug-likeness (QED) is 0.704. The summed E-state index contributed by atoms with van der Waals surface area (Å²) in [5.41, 5.74) is -0.0879. The van der Waals surface area contributed by atoms with Crippen LogP contribution < -0.4 is 9.47 Å². The predicted octanol–water partition coefficient (Wildman–Crippen LogP) is 4.29. The van der Waals surface area contributed by atoms with Gasteiger partial charge in [0.15, 0.2) is 0 Å². The molecule has 1 fully saturated rings. The Morgan fingerprint density at radius 3 is 2.25 bits per heavy atom. The topological polar surface area (TPSA) is 30.9 Å². The maximum atomic E-state index is 12.1. The minimum absolute atomic E-state index is 0.0879. The first-order valence-electron chi connectivity index (χ1n) is 8.46. The highest BCUT2D eigenvalue weighted by Crippen LogP contribution is 2.23. The van der Waals surface area contributed by atoms with Crippen molar-refractivity contribution in [2.45, 2.75) is 58.4 Å². The molecule has 0 atom stereocenters. The van der Waals surface area contributed by atoms with Gasteiger partial charge in [0.2, 0.25) is 0 Å². The summed E-state index contributed by atoms with van der Waals surface area (Å²) < 4.78 is 40.4. The Morgan fingerprint density at radius 1 is 1.12 bits per heavy atom. The second kappa shape index (κ2) is 8.62. The number of hydrogen-bond acceptors (Lipinski definition) is 4. The summed E-state index contributed by atoms with van der Waals surface area (Å²) in [5, 5.41) is 0. The van der Waals surface area contributed by atoms with Crippen LogP contribution >= 0.6 is 0 Å². The SMILES string of the molecule is CCC(C)(C)OCN1CCC(Oc2ccc(OC(F)F)cc2)CC1.